The molecule has 0 aromatic carbocycles. The summed E-state index contributed by atoms with van der Waals surface area (Å²) in [5, 5.41) is 23.2. The number of rotatable bonds is 62. The lowest BCUT2D eigenvalue weighted by molar-refractivity contribution is -0.143. The third-order valence-electron chi connectivity index (χ3n) is 15.3. The summed E-state index contributed by atoms with van der Waals surface area (Å²) in [7, 11) is 0. The van der Waals surface area contributed by atoms with Gasteiger partial charge in [0.2, 0.25) is 5.91 Å². The molecule has 3 N–H and O–H groups in total. The van der Waals surface area contributed by atoms with E-state index in [4.69, 9.17) is 4.74 Å². The zero-order chi connectivity index (χ0) is 54.3. The number of hydrogen-bond donors (Lipinski definition) is 3. The van der Waals surface area contributed by atoms with Gasteiger partial charge in [-0.3, -0.25) is 9.59 Å². The minimum Gasteiger partial charge on any atom is -0.466 e. The van der Waals surface area contributed by atoms with Crippen molar-refractivity contribution in [3.05, 3.63) is 48.6 Å². The van der Waals surface area contributed by atoms with Crippen LogP contribution in [0.2, 0.25) is 0 Å². The Labute approximate surface area is 467 Å². The Morgan fingerprint density at radius 2 is 0.667 bits per heavy atom. The van der Waals surface area contributed by atoms with Crippen LogP contribution in [0.5, 0.6) is 0 Å². The van der Waals surface area contributed by atoms with Gasteiger partial charge in [-0.1, -0.05) is 300 Å². The number of unbranched alkanes of at least 4 members (excludes halogenated alkanes) is 45. The normalized spacial score (nSPS) is 12.9. The number of allylic oxidation sites excluding steroid dienone is 7. The van der Waals surface area contributed by atoms with Crippen LogP contribution >= 0.6 is 0 Å². The van der Waals surface area contributed by atoms with Gasteiger partial charge < -0.3 is 20.3 Å². The van der Waals surface area contributed by atoms with Gasteiger partial charge in [-0.2, -0.15) is 0 Å². The zero-order valence-electron chi connectivity index (χ0n) is 50.3. The Morgan fingerprint density at radius 3 is 1.04 bits per heavy atom. The molecule has 440 valence electrons. The van der Waals surface area contributed by atoms with Crippen molar-refractivity contribution < 1.29 is 24.5 Å². The average molecular weight is 1050 g/mol. The molecule has 0 aliphatic carbocycles. The second kappa shape index (κ2) is 64.3. The number of esters is 1. The Morgan fingerprint density at radius 1 is 0.373 bits per heavy atom. The van der Waals surface area contributed by atoms with Gasteiger partial charge in [-0.25, -0.2) is 0 Å². The van der Waals surface area contributed by atoms with Gasteiger partial charge in [0.15, 0.2) is 0 Å². The summed E-state index contributed by atoms with van der Waals surface area (Å²) in [6.45, 7) is 4.89. The second-order valence-corrected chi connectivity index (χ2v) is 22.8. The van der Waals surface area contributed by atoms with Crippen LogP contribution < -0.4 is 5.32 Å². The number of ether oxygens (including phenoxy) is 1. The fourth-order valence-corrected chi connectivity index (χ4v) is 10.2. The van der Waals surface area contributed by atoms with Crippen molar-refractivity contribution in [3.8, 4) is 0 Å². The third-order valence-corrected chi connectivity index (χ3v) is 15.3. The van der Waals surface area contributed by atoms with E-state index in [9.17, 15) is 19.8 Å². The molecule has 0 spiro atoms. The van der Waals surface area contributed by atoms with E-state index in [1.54, 1.807) is 6.08 Å². The van der Waals surface area contributed by atoms with E-state index in [1.165, 1.54) is 257 Å². The molecular weight excluding hydrogens is 923 g/mol. The number of aliphatic hydroxyl groups excluding tert-OH is 2. The van der Waals surface area contributed by atoms with Crippen molar-refractivity contribution in [2.45, 2.75) is 366 Å². The molecule has 2 atom stereocenters. The maximum Gasteiger partial charge on any atom is 0.305 e. The van der Waals surface area contributed by atoms with Crippen molar-refractivity contribution in [1.82, 2.24) is 5.32 Å². The monoisotopic (exact) mass is 1050 g/mol. The molecule has 0 saturated heterocycles. The summed E-state index contributed by atoms with van der Waals surface area (Å²) in [4.78, 5) is 24.6. The molecule has 0 aromatic rings. The molecule has 0 radical (unpaired) electrons. The summed E-state index contributed by atoms with van der Waals surface area (Å²) < 4.78 is 5.49. The minimum atomic E-state index is -0.856. The summed E-state index contributed by atoms with van der Waals surface area (Å²) in [5.74, 6) is -0.0850. The maximum atomic E-state index is 12.5. The van der Waals surface area contributed by atoms with Crippen LogP contribution in [-0.2, 0) is 14.3 Å². The van der Waals surface area contributed by atoms with Crippen LogP contribution in [0.3, 0.4) is 0 Å². The number of carbonyl (C=O) groups excluding carboxylic acids is 2. The van der Waals surface area contributed by atoms with E-state index in [0.29, 0.717) is 19.4 Å². The van der Waals surface area contributed by atoms with Gasteiger partial charge in [-0.05, 0) is 89.9 Å². The van der Waals surface area contributed by atoms with Gasteiger partial charge in [0.1, 0.15) is 0 Å². The largest absolute Gasteiger partial charge is 0.466 e. The number of aliphatic hydroxyl groups is 2. The van der Waals surface area contributed by atoms with E-state index in [0.717, 1.165) is 70.6 Å². The first-order valence-electron chi connectivity index (χ1n) is 33.4. The summed E-state index contributed by atoms with van der Waals surface area (Å²) in [6.07, 6.45) is 83.0. The van der Waals surface area contributed by atoms with Gasteiger partial charge in [0.25, 0.3) is 0 Å². The van der Waals surface area contributed by atoms with E-state index in [1.807, 2.05) is 6.08 Å². The molecule has 0 heterocycles. The highest BCUT2D eigenvalue weighted by Crippen LogP contribution is 2.17. The molecule has 0 bridgehead atoms. The predicted octanol–water partition coefficient (Wildman–Crippen LogP) is 21.3. The summed E-state index contributed by atoms with van der Waals surface area (Å²) >= 11 is 0. The maximum absolute atomic E-state index is 12.5. The molecule has 0 rings (SSSR count). The molecule has 6 nitrogen and oxygen atoms in total. The van der Waals surface area contributed by atoms with E-state index >= 15 is 0 Å². The first-order valence-corrected chi connectivity index (χ1v) is 33.4. The van der Waals surface area contributed by atoms with Gasteiger partial charge in [0, 0.05) is 12.8 Å². The molecule has 2 unspecified atom stereocenters. The zero-order valence-corrected chi connectivity index (χ0v) is 50.3. The number of hydrogen-bond acceptors (Lipinski definition) is 5. The molecule has 0 fully saturated rings. The van der Waals surface area contributed by atoms with Crippen LogP contribution in [0.25, 0.3) is 0 Å². The first-order chi connectivity index (χ1) is 37.0. The second-order valence-electron chi connectivity index (χ2n) is 22.8. The molecule has 0 aliphatic heterocycles. The highest BCUT2D eigenvalue weighted by atomic mass is 16.5. The topological polar surface area (TPSA) is 95.9 Å². The van der Waals surface area contributed by atoms with E-state index < -0.39 is 12.1 Å². The highest BCUT2D eigenvalue weighted by molar-refractivity contribution is 5.76. The van der Waals surface area contributed by atoms with Crippen LogP contribution in [0.1, 0.15) is 354 Å². The average Bonchev–Trinajstić information content (AvgIpc) is 3.41. The van der Waals surface area contributed by atoms with Crippen LogP contribution in [-0.4, -0.2) is 47.4 Å². The lowest BCUT2D eigenvalue weighted by atomic mass is 10.0. The van der Waals surface area contributed by atoms with E-state index in [-0.39, 0.29) is 18.5 Å². The molecular formula is C69H129NO5. The van der Waals surface area contributed by atoms with Crippen LogP contribution in [0.4, 0.5) is 0 Å². The highest BCUT2D eigenvalue weighted by Gasteiger charge is 2.18. The predicted molar refractivity (Wildman–Crippen MR) is 329 cm³/mol. The van der Waals surface area contributed by atoms with Crippen molar-refractivity contribution in [2.75, 3.05) is 13.2 Å². The number of nitrogens with one attached hydrogen (secondary N) is 1. The fourth-order valence-electron chi connectivity index (χ4n) is 10.2. The van der Waals surface area contributed by atoms with E-state index in [2.05, 4.69) is 55.6 Å². The Balaban J connectivity index is 3.48. The standard InChI is InChI=1S/C69H129NO5/c1-3-5-7-9-11-13-15-17-19-21-23-24-25-26-29-33-37-41-45-49-53-57-61-67(72)66(65-71)70-68(73)62-58-54-50-46-42-38-34-30-27-28-32-36-40-44-48-52-56-60-64-75-69(74)63-59-55-51-47-43-39-35-31-22-20-18-16-14-12-10-8-6-4-2/h14,16,20,22,30,34,57,61,66-67,71-72H,3-13,15,17-19,21,23-29,31-33,35-56,58-60,62-65H2,1-2H3,(H,70,73)/b16-14-,22-20-,34-30-,61-57+. The minimum absolute atomic E-state index is 0.00499. The van der Waals surface area contributed by atoms with Crippen LogP contribution in [0.15, 0.2) is 48.6 Å². The Bertz CT molecular complexity index is 1260. The summed E-state index contributed by atoms with van der Waals surface area (Å²) in [6, 6.07) is -0.640. The molecule has 75 heavy (non-hydrogen) atoms. The Hall–Kier alpha value is -2.18. The quantitative estimate of drug-likeness (QED) is 0.0320. The van der Waals surface area contributed by atoms with Gasteiger partial charge >= 0.3 is 5.97 Å². The van der Waals surface area contributed by atoms with Gasteiger partial charge in [-0.15, -0.1) is 0 Å². The smallest absolute Gasteiger partial charge is 0.305 e. The summed E-state index contributed by atoms with van der Waals surface area (Å²) in [5.41, 5.74) is 0. The van der Waals surface area contributed by atoms with Crippen molar-refractivity contribution in [1.29, 1.82) is 0 Å². The van der Waals surface area contributed by atoms with Gasteiger partial charge in [0.05, 0.1) is 25.4 Å². The van der Waals surface area contributed by atoms with Crippen molar-refractivity contribution >= 4 is 11.9 Å². The van der Waals surface area contributed by atoms with Crippen molar-refractivity contribution in [2.24, 2.45) is 0 Å². The number of amides is 1. The third kappa shape index (κ3) is 60.9. The lowest BCUT2D eigenvalue weighted by Gasteiger charge is -2.20. The molecule has 0 aliphatic rings. The molecule has 1 amide bonds. The molecule has 6 heteroatoms. The Kier molecular flexibility index (Phi) is 62.5. The van der Waals surface area contributed by atoms with Crippen molar-refractivity contribution in [3.63, 3.8) is 0 Å². The SMILES string of the molecule is CCCCCC/C=C\C/C=C\CCCCCCCCCC(=O)OCCCCCCCCCCC/C=C\CCCCCCCC(=O)NC(CO)C(O)/C=C/CCCCCCCCCCCCCCCCCCCCCC. The molecule has 0 saturated carbocycles. The van der Waals surface area contributed by atoms with Crippen LogP contribution in [0, 0.1) is 0 Å². The number of carbonyl (C=O) groups is 2. The lowest BCUT2D eigenvalue weighted by Crippen LogP contribution is -2.45. The fraction of sp³-hybridized carbons (Fsp3) is 0.855. The first kappa shape index (κ1) is 72.8. The molecule has 0 aromatic heterocycles.